The number of aromatic nitrogens is 2. The van der Waals surface area contributed by atoms with Crippen LogP contribution in [0, 0.1) is 6.92 Å². The zero-order valence-electron chi connectivity index (χ0n) is 7.78. The standard InChI is InChI=1S/C9H12N2O2/c1-3-8(12)6-11-9(13)5-4-7(2)10-11/h4-5H,3,6H2,1-2H3. The number of aryl methyl sites for hydroxylation is 1. The second-order valence-corrected chi connectivity index (χ2v) is 2.86. The van der Waals surface area contributed by atoms with Crippen LogP contribution in [0.1, 0.15) is 19.0 Å². The Bertz CT molecular complexity index is 368. The van der Waals surface area contributed by atoms with Crippen LogP contribution in [0.3, 0.4) is 0 Å². The number of hydrogen-bond donors (Lipinski definition) is 0. The Labute approximate surface area is 76.2 Å². The van der Waals surface area contributed by atoms with E-state index in [1.54, 1.807) is 19.9 Å². The molecule has 4 nitrogen and oxygen atoms in total. The van der Waals surface area contributed by atoms with Crippen LogP contribution >= 0.6 is 0 Å². The lowest BCUT2D eigenvalue weighted by Gasteiger charge is -2.02. The summed E-state index contributed by atoms with van der Waals surface area (Å²) >= 11 is 0. The zero-order chi connectivity index (χ0) is 9.84. The summed E-state index contributed by atoms with van der Waals surface area (Å²) in [7, 11) is 0. The molecule has 0 atom stereocenters. The summed E-state index contributed by atoms with van der Waals surface area (Å²) in [5.41, 5.74) is 0.510. The molecule has 0 fully saturated rings. The first-order chi connectivity index (χ1) is 6.13. The Hall–Kier alpha value is -1.45. The summed E-state index contributed by atoms with van der Waals surface area (Å²) in [4.78, 5) is 22.2. The third-order valence-corrected chi connectivity index (χ3v) is 1.72. The molecule has 0 aromatic carbocycles. The Morgan fingerprint density at radius 3 is 2.85 bits per heavy atom. The first-order valence-corrected chi connectivity index (χ1v) is 4.20. The molecule has 0 saturated carbocycles. The molecular formula is C9H12N2O2. The summed E-state index contributed by atoms with van der Waals surface area (Å²) in [5, 5.41) is 3.94. The second-order valence-electron chi connectivity index (χ2n) is 2.86. The molecule has 0 aliphatic carbocycles. The van der Waals surface area contributed by atoms with Crippen molar-refractivity contribution in [2.24, 2.45) is 0 Å². The van der Waals surface area contributed by atoms with E-state index in [0.29, 0.717) is 6.42 Å². The highest BCUT2D eigenvalue weighted by Gasteiger charge is 2.02. The van der Waals surface area contributed by atoms with Gasteiger partial charge in [0, 0.05) is 12.5 Å². The Kier molecular flexibility index (Phi) is 2.95. The lowest BCUT2D eigenvalue weighted by Crippen LogP contribution is -2.26. The number of nitrogens with zero attached hydrogens (tertiary/aromatic N) is 2. The predicted octanol–water partition coefficient (Wildman–Crippen LogP) is 0.531. The van der Waals surface area contributed by atoms with Gasteiger partial charge in [0.1, 0.15) is 6.54 Å². The molecular weight excluding hydrogens is 168 g/mol. The maximum absolute atomic E-state index is 11.2. The second kappa shape index (κ2) is 3.98. The lowest BCUT2D eigenvalue weighted by atomic mass is 10.3. The highest BCUT2D eigenvalue weighted by molar-refractivity contribution is 5.77. The highest BCUT2D eigenvalue weighted by Crippen LogP contribution is 1.88. The van der Waals surface area contributed by atoms with Crippen molar-refractivity contribution in [1.29, 1.82) is 0 Å². The minimum absolute atomic E-state index is 0.0141. The van der Waals surface area contributed by atoms with E-state index in [1.807, 2.05) is 0 Å². The zero-order valence-corrected chi connectivity index (χ0v) is 7.78. The molecule has 1 aromatic heterocycles. The van der Waals surface area contributed by atoms with Gasteiger partial charge in [0.15, 0.2) is 5.78 Å². The molecule has 1 heterocycles. The molecule has 0 bridgehead atoms. The van der Waals surface area contributed by atoms with Gasteiger partial charge in [-0.1, -0.05) is 6.92 Å². The fraction of sp³-hybridized carbons (Fsp3) is 0.444. The van der Waals surface area contributed by atoms with Crippen LogP contribution in [0.5, 0.6) is 0 Å². The van der Waals surface area contributed by atoms with Crippen molar-refractivity contribution in [1.82, 2.24) is 9.78 Å². The smallest absolute Gasteiger partial charge is 0.267 e. The van der Waals surface area contributed by atoms with E-state index in [0.717, 1.165) is 5.69 Å². The van der Waals surface area contributed by atoms with Crippen molar-refractivity contribution in [3.63, 3.8) is 0 Å². The predicted molar refractivity (Wildman–Crippen MR) is 48.5 cm³/mol. The first-order valence-electron chi connectivity index (χ1n) is 4.20. The molecule has 0 aliphatic heterocycles. The van der Waals surface area contributed by atoms with E-state index < -0.39 is 0 Å². The van der Waals surface area contributed by atoms with E-state index in [-0.39, 0.29) is 17.9 Å². The van der Waals surface area contributed by atoms with Gasteiger partial charge in [-0.05, 0) is 13.0 Å². The summed E-state index contributed by atoms with van der Waals surface area (Å²) in [6.45, 7) is 3.63. The van der Waals surface area contributed by atoms with Crippen molar-refractivity contribution in [2.75, 3.05) is 0 Å². The van der Waals surface area contributed by atoms with Gasteiger partial charge in [0.25, 0.3) is 5.56 Å². The molecule has 0 amide bonds. The average molecular weight is 180 g/mol. The number of rotatable bonds is 3. The van der Waals surface area contributed by atoms with Gasteiger partial charge in [-0.25, -0.2) is 4.68 Å². The number of hydrogen-bond acceptors (Lipinski definition) is 3. The van der Waals surface area contributed by atoms with Crippen LogP contribution in [0.25, 0.3) is 0 Å². The van der Waals surface area contributed by atoms with Gasteiger partial charge < -0.3 is 0 Å². The van der Waals surface area contributed by atoms with Crippen molar-refractivity contribution >= 4 is 5.78 Å². The average Bonchev–Trinajstić information content (AvgIpc) is 2.11. The fourth-order valence-corrected chi connectivity index (χ4v) is 0.943. The van der Waals surface area contributed by atoms with Crippen molar-refractivity contribution in [3.05, 3.63) is 28.2 Å². The third-order valence-electron chi connectivity index (χ3n) is 1.72. The van der Waals surface area contributed by atoms with Crippen LogP contribution < -0.4 is 5.56 Å². The molecule has 13 heavy (non-hydrogen) atoms. The molecule has 0 spiro atoms. The summed E-state index contributed by atoms with van der Waals surface area (Å²) in [6, 6.07) is 3.06. The van der Waals surface area contributed by atoms with E-state index in [1.165, 1.54) is 10.7 Å². The van der Waals surface area contributed by atoms with Crippen molar-refractivity contribution in [3.8, 4) is 0 Å². The van der Waals surface area contributed by atoms with E-state index in [2.05, 4.69) is 5.10 Å². The van der Waals surface area contributed by atoms with Gasteiger partial charge in [-0.2, -0.15) is 5.10 Å². The SMILES string of the molecule is CCC(=O)Cn1nc(C)ccc1=O. The van der Waals surface area contributed by atoms with Gasteiger partial charge in [0.2, 0.25) is 0 Å². The molecule has 4 heteroatoms. The third kappa shape index (κ3) is 2.50. The molecule has 0 radical (unpaired) electrons. The quantitative estimate of drug-likeness (QED) is 0.681. The maximum Gasteiger partial charge on any atom is 0.267 e. The van der Waals surface area contributed by atoms with E-state index in [4.69, 9.17) is 0 Å². The largest absolute Gasteiger partial charge is 0.298 e. The molecule has 70 valence electrons. The van der Waals surface area contributed by atoms with Crippen LogP contribution in [-0.4, -0.2) is 15.6 Å². The van der Waals surface area contributed by atoms with Gasteiger partial charge >= 0.3 is 0 Å². The molecule has 0 unspecified atom stereocenters. The van der Waals surface area contributed by atoms with E-state index >= 15 is 0 Å². The summed E-state index contributed by atoms with van der Waals surface area (Å²) in [6.07, 6.45) is 0.433. The topological polar surface area (TPSA) is 52.0 Å². The van der Waals surface area contributed by atoms with E-state index in [9.17, 15) is 9.59 Å². The fourth-order valence-electron chi connectivity index (χ4n) is 0.943. The number of carbonyl (C=O) groups excluding carboxylic acids is 1. The van der Waals surface area contributed by atoms with Crippen LogP contribution in [0.15, 0.2) is 16.9 Å². The van der Waals surface area contributed by atoms with Crippen LogP contribution in [0.2, 0.25) is 0 Å². The Balaban J connectivity index is 2.94. The highest BCUT2D eigenvalue weighted by atomic mass is 16.1. The summed E-state index contributed by atoms with van der Waals surface area (Å²) < 4.78 is 1.20. The van der Waals surface area contributed by atoms with Gasteiger partial charge in [0.05, 0.1) is 5.69 Å². The molecule has 1 aromatic rings. The molecule has 0 aliphatic rings. The monoisotopic (exact) mass is 180 g/mol. The van der Waals surface area contributed by atoms with Crippen LogP contribution in [-0.2, 0) is 11.3 Å². The van der Waals surface area contributed by atoms with Gasteiger partial charge in [-0.3, -0.25) is 9.59 Å². The minimum atomic E-state index is -0.229. The minimum Gasteiger partial charge on any atom is -0.298 e. The molecule has 0 saturated heterocycles. The summed E-state index contributed by atoms with van der Waals surface area (Å²) in [5.74, 6) is 0.0141. The maximum atomic E-state index is 11.2. The molecule has 1 rings (SSSR count). The van der Waals surface area contributed by atoms with Gasteiger partial charge in [-0.15, -0.1) is 0 Å². The Morgan fingerprint density at radius 1 is 1.54 bits per heavy atom. The lowest BCUT2D eigenvalue weighted by molar-refractivity contribution is -0.119. The number of Topliss-reactive ketones (excluding diaryl/α,β-unsaturated/α-hetero) is 1. The normalized spacial score (nSPS) is 10.0. The first kappa shape index (κ1) is 9.64. The van der Waals surface area contributed by atoms with Crippen molar-refractivity contribution in [2.45, 2.75) is 26.8 Å². The number of ketones is 1. The Morgan fingerprint density at radius 2 is 2.23 bits per heavy atom. The molecule has 0 N–H and O–H groups in total. The number of carbonyl (C=O) groups is 1. The van der Waals surface area contributed by atoms with Crippen LogP contribution in [0.4, 0.5) is 0 Å². The van der Waals surface area contributed by atoms with Crippen molar-refractivity contribution < 1.29 is 4.79 Å².